The predicted molar refractivity (Wildman–Crippen MR) is 137 cm³/mol. The van der Waals surface area contributed by atoms with Gasteiger partial charge in [-0.3, -0.25) is 14.5 Å². The summed E-state index contributed by atoms with van der Waals surface area (Å²) in [6, 6.07) is 15.7. The van der Waals surface area contributed by atoms with Crippen LogP contribution in [-0.4, -0.2) is 48.9 Å². The molecular formula is C26H30ClN3O2S. The highest BCUT2D eigenvalue weighted by Gasteiger charge is 2.30. The van der Waals surface area contributed by atoms with Gasteiger partial charge < -0.3 is 10.2 Å². The summed E-state index contributed by atoms with van der Waals surface area (Å²) >= 11 is 7.53. The van der Waals surface area contributed by atoms with Crippen LogP contribution in [0.5, 0.6) is 0 Å². The molecule has 2 aliphatic rings. The Morgan fingerprint density at radius 2 is 2.06 bits per heavy atom. The third-order valence-corrected chi connectivity index (χ3v) is 7.48. The molecule has 1 fully saturated rings. The maximum absolute atomic E-state index is 13.3. The Hall–Kier alpha value is -2.28. The molecule has 0 aromatic heterocycles. The van der Waals surface area contributed by atoms with Gasteiger partial charge in [0.25, 0.3) is 5.91 Å². The van der Waals surface area contributed by atoms with Gasteiger partial charge in [-0.05, 0) is 68.6 Å². The zero-order valence-corrected chi connectivity index (χ0v) is 20.5. The molecular weight excluding hydrogens is 454 g/mol. The van der Waals surface area contributed by atoms with Crippen molar-refractivity contribution in [3.05, 3.63) is 64.0 Å². The highest BCUT2D eigenvalue weighted by atomic mass is 35.5. The number of halogens is 1. The summed E-state index contributed by atoms with van der Waals surface area (Å²) in [6.45, 7) is 5.04. The van der Waals surface area contributed by atoms with E-state index >= 15 is 0 Å². The maximum Gasteiger partial charge on any atom is 0.265 e. The van der Waals surface area contributed by atoms with Gasteiger partial charge in [0.1, 0.15) is 6.54 Å². The molecule has 2 amide bonds. The maximum atomic E-state index is 13.3. The van der Waals surface area contributed by atoms with Gasteiger partial charge >= 0.3 is 0 Å². The van der Waals surface area contributed by atoms with Gasteiger partial charge in [-0.15, -0.1) is 0 Å². The van der Waals surface area contributed by atoms with E-state index < -0.39 is 0 Å². The summed E-state index contributed by atoms with van der Waals surface area (Å²) in [5, 5.41) is 3.62. The zero-order valence-electron chi connectivity index (χ0n) is 18.9. The van der Waals surface area contributed by atoms with Crippen molar-refractivity contribution in [2.24, 2.45) is 0 Å². The van der Waals surface area contributed by atoms with Gasteiger partial charge in [-0.1, -0.05) is 54.0 Å². The number of thioether (sulfide) groups is 1. The van der Waals surface area contributed by atoms with Gasteiger partial charge in [0.15, 0.2) is 0 Å². The number of carbonyl (C=O) groups excluding carboxylic acids is 2. The van der Waals surface area contributed by atoms with Gasteiger partial charge in [-0.2, -0.15) is 0 Å². The zero-order chi connectivity index (χ0) is 23.2. The summed E-state index contributed by atoms with van der Waals surface area (Å²) in [5.74, 6) is -0.310. The van der Waals surface area contributed by atoms with Gasteiger partial charge in [0.2, 0.25) is 5.91 Å². The van der Waals surface area contributed by atoms with E-state index in [-0.39, 0.29) is 18.4 Å². The Morgan fingerprint density at radius 1 is 1.21 bits per heavy atom. The first-order chi connectivity index (χ1) is 16.0. The van der Waals surface area contributed by atoms with Crippen LogP contribution < -0.4 is 10.2 Å². The normalized spacial score (nSPS) is 20.1. The number of amides is 2. The van der Waals surface area contributed by atoms with Crippen LogP contribution in [0.2, 0.25) is 5.02 Å². The van der Waals surface area contributed by atoms with Crippen molar-refractivity contribution < 1.29 is 9.59 Å². The molecule has 5 nitrogen and oxygen atoms in total. The van der Waals surface area contributed by atoms with E-state index in [1.54, 1.807) is 11.0 Å². The van der Waals surface area contributed by atoms with Crippen LogP contribution in [0.15, 0.2) is 58.3 Å². The average Bonchev–Trinajstić information content (AvgIpc) is 2.80. The van der Waals surface area contributed by atoms with Crippen molar-refractivity contribution in [3.63, 3.8) is 0 Å². The standard InChI is InChI=1S/C26H30ClN3O2S/c1-19-8-4-5-14-29(19)15-7-13-28-25(31)18-30-22-11-2-3-12-23(22)33-24(26(30)32)17-20-9-6-10-21(27)16-20/h2-3,6,9-12,16-17,19H,4-5,7-8,13-15,18H2,1H3,(H,28,31)/b24-17+. The number of piperidine rings is 1. The number of fused-ring (bicyclic) bond motifs is 1. The molecule has 2 aliphatic heterocycles. The largest absolute Gasteiger partial charge is 0.355 e. The molecule has 1 atom stereocenters. The Balaban J connectivity index is 1.40. The SMILES string of the molecule is CC1CCCCN1CCCNC(=O)CN1C(=O)/C(=C\c2cccc(Cl)c2)Sc2ccccc21. The molecule has 4 rings (SSSR count). The lowest BCUT2D eigenvalue weighted by molar-refractivity contribution is -0.122. The second kappa shape index (κ2) is 11.2. The molecule has 0 aliphatic carbocycles. The van der Waals surface area contributed by atoms with Crippen LogP contribution >= 0.6 is 23.4 Å². The molecule has 174 valence electrons. The number of nitrogens with zero attached hydrogens (tertiary/aromatic N) is 2. The second-order valence-corrected chi connectivity index (χ2v) is 10.1. The van der Waals surface area contributed by atoms with Crippen LogP contribution in [-0.2, 0) is 9.59 Å². The molecule has 7 heteroatoms. The summed E-state index contributed by atoms with van der Waals surface area (Å²) in [5.41, 5.74) is 1.63. The number of anilines is 1. The van der Waals surface area contributed by atoms with Gasteiger partial charge in [0.05, 0.1) is 10.6 Å². The summed E-state index contributed by atoms with van der Waals surface area (Å²) < 4.78 is 0. The van der Waals surface area contributed by atoms with Crippen LogP contribution in [0.4, 0.5) is 5.69 Å². The monoisotopic (exact) mass is 483 g/mol. The van der Waals surface area contributed by atoms with Crippen LogP contribution in [0, 0.1) is 0 Å². The van der Waals surface area contributed by atoms with Crippen molar-refractivity contribution in [1.29, 1.82) is 0 Å². The fourth-order valence-corrected chi connectivity index (χ4v) is 5.62. The van der Waals surface area contributed by atoms with E-state index in [0.717, 1.165) is 35.7 Å². The molecule has 0 spiro atoms. The lowest BCUT2D eigenvalue weighted by atomic mass is 10.0. The van der Waals surface area contributed by atoms with Crippen molar-refractivity contribution in [3.8, 4) is 0 Å². The molecule has 33 heavy (non-hydrogen) atoms. The molecule has 1 N–H and O–H groups in total. The van der Waals surface area contributed by atoms with Gasteiger partial charge in [0, 0.05) is 29.0 Å². The third kappa shape index (κ3) is 6.19. The first-order valence-corrected chi connectivity index (χ1v) is 12.8. The average molecular weight is 484 g/mol. The highest BCUT2D eigenvalue weighted by Crippen LogP contribution is 2.42. The number of hydrogen-bond acceptors (Lipinski definition) is 4. The Morgan fingerprint density at radius 3 is 2.88 bits per heavy atom. The van der Waals surface area contributed by atoms with Gasteiger partial charge in [-0.25, -0.2) is 0 Å². The van der Waals surface area contributed by atoms with Crippen LogP contribution in [0.1, 0.15) is 38.2 Å². The van der Waals surface area contributed by atoms with Crippen molar-refractivity contribution in [2.75, 3.05) is 31.1 Å². The predicted octanol–water partition coefficient (Wildman–Crippen LogP) is 5.20. The Bertz CT molecular complexity index is 1040. The first-order valence-electron chi connectivity index (χ1n) is 11.6. The minimum atomic E-state index is -0.170. The fourth-order valence-electron chi connectivity index (χ4n) is 4.37. The number of benzene rings is 2. The van der Waals surface area contributed by atoms with E-state index in [1.807, 2.05) is 48.5 Å². The Labute approximate surface area is 205 Å². The van der Waals surface area contributed by atoms with Crippen LogP contribution in [0.25, 0.3) is 6.08 Å². The smallest absolute Gasteiger partial charge is 0.265 e. The van der Waals surface area contributed by atoms with Crippen molar-refractivity contribution in [2.45, 2.75) is 43.5 Å². The molecule has 2 aromatic carbocycles. The summed E-state index contributed by atoms with van der Waals surface area (Å²) in [4.78, 5) is 31.6. The number of hydrogen-bond donors (Lipinski definition) is 1. The Kier molecular flexibility index (Phi) is 8.12. The number of para-hydroxylation sites is 1. The topological polar surface area (TPSA) is 52.7 Å². The number of carbonyl (C=O) groups is 2. The lowest BCUT2D eigenvalue weighted by Crippen LogP contribution is -2.43. The summed E-state index contributed by atoms with van der Waals surface area (Å²) in [7, 11) is 0. The lowest BCUT2D eigenvalue weighted by Gasteiger charge is -2.33. The third-order valence-electron chi connectivity index (χ3n) is 6.16. The van der Waals surface area contributed by atoms with Crippen LogP contribution in [0.3, 0.4) is 0 Å². The summed E-state index contributed by atoms with van der Waals surface area (Å²) in [6.07, 6.45) is 6.57. The van der Waals surface area contributed by atoms with E-state index in [2.05, 4.69) is 17.1 Å². The number of likely N-dealkylation sites (tertiary alicyclic amines) is 1. The van der Waals surface area contributed by atoms with E-state index in [1.165, 1.54) is 31.0 Å². The fraction of sp³-hybridized carbons (Fsp3) is 0.385. The number of nitrogens with one attached hydrogen (secondary N) is 1. The first kappa shape index (κ1) is 23.9. The molecule has 0 radical (unpaired) electrons. The molecule has 2 heterocycles. The van der Waals surface area contributed by atoms with Crippen molar-refractivity contribution >= 4 is 46.9 Å². The quantitative estimate of drug-likeness (QED) is 0.434. The van der Waals surface area contributed by atoms with Crippen molar-refractivity contribution in [1.82, 2.24) is 10.2 Å². The number of rotatable bonds is 7. The minimum absolute atomic E-state index is 0.00338. The van der Waals surface area contributed by atoms with E-state index in [9.17, 15) is 9.59 Å². The molecule has 1 unspecified atom stereocenters. The second-order valence-electron chi connectivity index (χ2n) is 8.61. The molecule has 0 bridgehead atoms. The van der Waals surface area contributed by atoms with E-state index in [4.69, 9.17) is 11.6 Å². The highest BCUT2D eigenvalue weighted by molar-refractivity contribution is 8.04. The minimum Gasteiger partial charge on any atom is -0.355 e. The molecule has 1 saturated heterocycles. The molecule has 2 aromatic rings. The van der Waals surface area contributed by atoms with E-state index in [0.29, 0.717) is 22.5 Å². The molecule has 0 saturated carbocycles.